The fraction of sp³-hybridized carbons (Fsp3) is 0.889. The molecule has 2 atom stereocenters. The van der Waals surface area contributed by atoms with E-state index in [1.165, 1.54) is 0 Å². The zero-order chi connectivity index (χ0) is 8.97. The molecule has 3 heteroatoms. The molecule has 1 saturated carbocycles. The van der Waals surface area contributed by atoms with Gasteiger partial charge in [-0.2, -0.15) is 0 Å². The Kier molecular flexibility index (Phi) is 3.53. The molecular weight excluding hydrogens is 154 g/mol. The summed E-state index contributed by atoms with van der Waals surface area (Å²) in [5.74, 6) is 0.334. The third-order valence-corrected chi connectivity index (χ3v) is 2.73. The molecule has 0 saturated heterocycles. The van der Waals surface area contributed by atoms with Gasteiger partial charge in [0.15, 0.2) is 0 Å². The molecular formula is C9H17NO2. The Morgan fingerprint density at radius 1 is 1.50 bits per heavy atom. The molecule has 2 unspecified atom stereocenters. The second-order valence-electron chi connectivity index (χ2n) is 3.45. The summed E-state index contributed by atoms with van der Waals surface area (Å²) in [6, 6.07) is 0. The van der Waals surface area contributed by atoms with Gasteiger partial charge in [0.2, 0.25) is 5.91 Å². The fourth-order valence-electron chi connectivity index (χ4n) is 1.96. The Labute approximate surface area is 73.2 Å². The second kappa shape index (κ2) is 4.45. The van der Waals surface area contributed by atoms with E-state index in [0.717, 1.165) is 25.7 Å². The van der Waals surface area contributed by atoms with Crippen LogP contribution in [0.15, 0.2) is 0 Å². The zero-order valence-corrected chi connectivity index (χ0v) is 7.55. The zero-order valence-electron chi connectivity index (χ0n) is 7.55. The van der Waals surface area contributed by atoms with E-state index in [4.69, 9.17) is 5.11 Å². The van der Waals surface area contributed by atoms with Crippen LogP contribution in [-0.4, -0.2) is 24.7 Å². The van der Waals surface area contributed by atoms with E-state index in [-0.39, 0.29) is 24.3 Å². The Balaban J connectivity index is 2.52. The highest BCUT2D eigenvalue weighted by Gasteiger charge is 2.29. The fourth-order valence-corrected chi connectivity index (χ4v) is 1.96. The summed E-state index contributed by atoms with van der Waals surface area (Å²) in [6.45, 7) is 0.151. The van der Waals surface area contributed by atoms with Gasteiger partial charge in [0.05, 0.1) is 0 Å². The lowest BCUT2D eigenvalue weighted by Crippen LogP contribution is -2.36. The lowest BCUT2D eigenvalue weighted by Gasteiger charge is -2.28. The minimum atomic E-state index is 0.0498. The summed E-state index contributed by atoms with van der Waals surface area (Å²) in [5.41, 5.74) is 0. The molecule has 12 heavy (non-hydrogen) atoms. The molecule has 1 amide bonds. The highest BCUT2D eigenvalue weighted by Crippen LogP contribution is 2.29. The quantitative estimate of drug-likeness (QED) is 0.636. The number of aliphatic hydroxyl groups is 1. The van der Waals surface area contributed by atoms with Crippen LogP contribution in [0.25, 0.3) is 0 Å². The number of hydrogen-bond acceptors (Lipinski definition) is 2. The van der Waals surface area contributed by atoms with Gasteiger partial charge in [-0.3, -0.25) is 4.79 Å². The van der Waals surface area contributed by atoms with Crippen molar-refractivity contribution >= 4 is 5.91 Å². The van der Waals surface area contributed by atoms with Crippen molar-refractivity contribution in [1.82, 2.24) is 5.32 Å². The predicted molar refractivity (Wildman–Crippen MR) is 46.6 cm³/mol. The first-order valence-corrected chi connectivity index (χ1v) is 4.62. The molecule has 1 aliphatic rings. The Morgan fingerprint density at radius 3 is 2.75 bits per heavy atom. The molecule has 0 radical (unpaired) electrons. The van der Waals surface area contributed by atoms with E-state index >= 15 is 0 Å². The van der Waals surface area contributed by atoms with Crippen LogP contribution in [-0.2, 0) is 4.79 Å². The predicted octanol–water partition coefficient (Wildman–Crippen LogP) is 0.531. The van der Waals surface area contributed by atoms with Gasteiger partial charge in [-0.1, -0.05) is 12.8 Å². The van der Waals surface area contributed by atoms with Gasteiger partial charge < -0.3 is 10.4 Å². The molecule has 0 spiro atoms. The van der Waals surface area contributed by atoms with Crippen LogP contribution in [0.5, 0.6) is 0 Å². The smallest absolute Gasteiger partial charge is 0.223 e. The van der Waals surface area contributed by atoms with Crippen LogP contribution in [0.3, 0.4) is 0 Å². The van der Waals surface area contributed by atoms with Crippen LogP contribution in [0.4, 0.5) is 0 Å². The molecule has 1 rings (SSSR count). The molecule has 0 bridgehead atoms. The van der Waals surface area contributed by atoms with Gasteiger partial charge in [0.1, 0.15) is 0 Å². The average Bonchev–Trinajstić information content (AvgIpc) is 2.16. The third-order valence-electron chi connectivity index (χ3n) is 2.73. The van der Waals surface area contributed by atoms with Crippen molar-refractivity contribution in [3.05, 3.63) is 0 Å². The van der Waals surface area contributed by atoms with Crippen molar-refractivity contribution in [3.63, 3.8) is 0 Å². The van der Waals surface area contributed by atoms with Gasteiger partial charge in [-0.15, -0.1) is 0 Å². The maximum atomic E-state index is 11.3. The summed E-state index contributed by atoms with van der Waals surface area (Å²) in [7, 11) is 1.66. The monoisotopic (exact) mass is 171 g/mol. The first-order valence-electron chi connectivity index (χ1n) is 4.62. The molecule has 3 nitrogen and oxygen atoms in total. The third kappa shape index (κ3) is 1.97. The number of hydrogen-bond donors (Lipinski definition) is 2. The summed E-state index contributed by atoms with van der Waals surface area (Å²) in [5, 5.41) is 11.7. The number of amides is 1. The molecule has 1 fully saturated rings. The van der Waals surface area contributed by atoms with E-state index < -0.39 is 0 Å². The minimum Gasteiger partial charge on any atom is -0.396 e. The van der Waals surface area contributed by atoms with E-state index in [1.54, 1.807) is 7.05 Å². The van der Waals surface area contributed by atoms with Crippen LogP contribution >= 0.6 is 0 Å². The lowest BCUT2D eigenvalue weighted by molar-refractivity contribution is -0.128. The van der Waals surface area contributed by atoms with Crippen molar-refractivity contribution in [2.75, 3.05) is 13.7 Å². The van der Waals surface area contributed by atoms with Crippen molar-refractivity contribution in [3.8, 4) is 0 Å². The van der Waals surface area contributed by atoms with Gasteiger partial charge >= 0.3 is 0 Å². The highest BCUT2D eigenvalue weighted by molar-refractivity contribution is 5.78. The van der Waals surface area contributed by atoms with Crippen LogP contribution < -0.4 is 5.32 Å². The Morgan fingerprint density at radius 2 is 2.17 bits per heavy atom. The van der Waals surface area contributed by atoms with Crippen molar-refractivity contribution in [2.24, 2.45) is 11.8 Å². The first kappa shape index (κ1) is 9.52. The summed E-state index contributed by atoms with van der Waals surface area (Å²) < 4.78 is 0. The minimum absolute atomic E-state index is 0.0498. The van der Waals surface area contributed by atoms with Crippen molar-refractivity contribution < 1.29 is 9.90 Å². The average molecular weight is 171 g/mol. The summed E-state index contributed by atoms with van der Waals surface area (Å²) in [6.07, 6.45) is 4.20. The molecule has 0 heterocycles. The number of aliphatic hydroxyl groups excluding tert-OH is 1. The van der Waals surface area contributed by atoms with E-state index in [0.29, 0.717) is 0 Å². The van der Waals surface area contributed by atoms with Crippen molar-refractivity contribution in [1.29, 1.82) is 0 Å². The number of carbonyl (C=O) groups is 1. The molecule has 2 N–H and O–H groups in total. The molecule has 1 aliphatic carbocycles. The van der Waals surface area contributed by atoms with E-state index in [2.05, 4.69) is 5.32 Å². The Bertz CT molecular complexity index is 159. The number of nitrogens with one attached hydrogen (secondary N) is 1. The number of rotatable bonds is 2. The first-order chi connectivity index (χ1) is 5.79. The summed E-state index contributed by atoms with van der Waals surface area (Å²) >= 11 is 0. The lowest BCUT2D eigenvalue weighted by atomic mass is 9.79. The molecule has 0 aromatic carbocycles. The van der Waals surface area contributed by atoms with E-state index in [9.17, 15) is 4.79 Å². The molecule has 0 aromatic heterocycles. The maximum absolute atomic E-state index is 11.3. The van der Waals surface area contributed by atoms with E-state index in [1.807, 2.05) is 0 Å². The van der Waals surface area contributed by atoms with Gasteiger partial charge in [-0.05, 0) is 18.8 Å². The molecule has 70 valence electrons. The molecule has 0 aromatic rings. The molecule has 0 aliphatic heterocycles. The SMILES string of the molecule is CNC(=O)C1CCCCC1CO. The highest BCUT2D eigenvalue weighted by atomic mass is 16.3. The maximum Gasteiger partial charge on any atom is 0.223 e. The number of carbonyl (C=O) groups excluding carboxylic acids is 1. The normalized spacial score (nSPS) is 29.8. The standard InChI is InChI=1S/C9H17NO2/c1-10-9(12)8-5-3-2-4-7(8)6-11/h7-8,11H,2-6H2,1H3,(H,10,12). The van der Waals surface area contributed by atoms with Crippen LogP contribution in [0.2, 0.25) is 0 Å². The van der Waals surface area contributed by atoms with Gasteiger partial charge in [0.25, 0.3) is 0 Å². The Hall–Kier alpha value is -0.570. The van der Waals surface area contributed by atoms with Gasteiger partial charge in [0, 0.05) is 19.6 Å². The largest absolute Gasteiger partial charge is 0.396 e. The summed E-state index contributed by atoms with van der Waals surface area (Å²) in [4.78, 5) is 11.3. The van der Waals surface area contributed by atoms with Gasteiger partial charge in [-0.25, -0.2) is 0 Å². The topological polar surface area (TPSA) is 49.3 Å². The van der Waals surface area contributed by atoms with Crippen molar-refractivity contribution in [2.45, 2.75) is 25.7 Å². The second-order valence-corrected chi connectivity index (χ2v) is 3.45. The van der Waals surface area contributed by atoms with Crippen LogP contribution in [0, 0.1) is 11.8 Å². The van der Waals surface area contributed by atoms with Crippen LogP contribution in [0.1, 0.15) is 25.7 Å².